The maximum absolute atomic E-state index is 12.5. The van der Waals surface area contributed by atoms with E-state index in [1.54, 1.807) is 0 Å². The molecule has 0 spiro atoms. The van der Waals surface area contributed by atoms with Gasteiger partial charge in [0.1, 0.15) is 16.5 Å². The molecule has 0 radical (unpaired) electrons. The van der Waals surface area contributed by atoms with Gasteiger partial charge in [-0.05, 0) is 43.6 Å². The number of piperazine rings is 1. The minimum atomic E-state index is 0.0723. The molecular formula is C24H37N5OS. The first kappa shape index (κ1) is 22.3. The van der Waals surface area contributed by atoms with Gasteiger partial charge in [-0.25, -0.2) is 14.8 Å². The Morgan fingerprint density at radius 1 is 1.23 bits per heavy atom. The molecule has 6 nitrogen and oxygen atoms in total. The van der Waals surface area contributed by atoms with E-state index in [1.807, 2.05) is 16.2 Å². The minimum Gasteiger partial charge on any atom is -0.352 e. The number of amides is 2. The van der Waals surface area contributed by atoms with Crippen LogP contribution in [0.3, 0.4) is 0 Å². The molecule has 3 heterocycles. The second-order valence-electron chi connectivity index (χ2n) is 9.31. The van der Waals surface area contributed by atoms with Crippen LogP contribution < -0.4 is 10.2 Å². The van der Waals surface area contributed by atoms with E-state index >= 15 is 0 Å². The van der Waals surface area contributed by atoms with Crippen molar-refractivity contribution in [2.24, 2.45) is 5.92 Å². The molecule has 1 saturated heterocycles. The SMILES string of the molecule is CCCCNC(=O)N1CCN(c2nc([C@@H](C)CC)nc3sc4c(c23)CC[C@@H](C)C4)CC1. The smallest absolute Gasteiger partial charge is 0.317 e. The van der Waals surface area contributed by atoms with Gasteiger partial charge in [0.05, 0.1) is 5.39 Å². The molecule has 1 fully saturated rings. The first-order valence-electron chi connectivity index (χ1n) is 12.1. The number of rotatable bonds is 6. The zero-order chi connectivity index (χ0) is 22.0. The second kappa shape index (κ2) is 9.72. The van der Waals surface area contributed by atoms with E-state index < -0.39 is 0 Å². The fraction of sp³-hybridized carbons (Fsp3) is 0.708. The van der Waals surface area contributed by atoms with E-state index in [0.29, 0.717) is 5.92 Å². The topological polar surface area (TPSA) is 61.4 Å². The Morgan fingerprint density at radius 3 is 2.71 bits per heavy atom. The summed E-state index contributed by atoms with van der Waals surface area (Å²) in [4.78, 5) is 29.6. The van der Waals surface area contributed by atoms with Crippen LogP contribution >= 0.6 is 11.3 Å². The molecule has 2 aliphatic rings. The highest BCUT2D eigenvalue weighted by Gasteiger charge is 2.29. The second-order valence-corrected chi connectivity index (χ2v) is 10.4. The number of hydrogen-bond donors (Lipinski definition) is 1. The predicted molar refractivity (Wildman–Crippen MR) is 129 cm³/mol. The largest absolute Gasteiger partial charge is 0.352 e. The average molecular weight is 444 g/mol. The molecule has 1 aliphatic carbocycles. The standard InChI is InChI=1S/C24H37N5OS/c1-5-7-10-25-24(30)29-13-11-28(12-14-29)22-20-18-9-8-16(3)15-19(18)31-23(20)27-21(26-22)17(4)6-2/h16-17H,5-15H2,1-4H3,(H,25,30)/t16-,17+/m1/s1. The summed E-state index contributed by atoms with van der Waals surface area (Å²) in [5.74, 6) is 3.18. The van der Waals surface area contributed by atoms with Gasteiger partial charge in [0.25, 0.3) is 0 Å². The van der Waals surface area contributed by atoms with Gasteiger partial charge in [-0.15, -0.1) is 11.3 Å². The Bertz CT molecular complexity index is 918. The molecule has 1 N–H and O–H groups in total. The number of carbonyl (C=O) groups is 1. The van der Waals surface area contributed by atoms with Crippen LogP contribution in [0.1, 0.15) is 75.6 Å². The number of carbonyl (C=O) groups excluding carboxylic acids is 1. The van der Waals surface area contributed by atoms with E-state index in [-0.39, 0.29) is 6.03 Å². The van der Waals surface area contributed by atoms with Crippen LogP contribution in [-0.2, 0) is 12.8 Å². The summed E-state index contributed by atoms with van der Waals surface area (Å²) in [6, 6.07) is 0.0723. The summed E-state index contributed by atoms with van der Waals surface area (Å²) in [5.41, 5.74) is 1.49. The maximum Gasteiger partial charge on any atom is 0.317 e. The van der Waals surface area contributed by atoms with Gasteiger partial charge >= 0.3 is 6.03 Å². The van der Waals surface area contributed by atoms with Gasteiger partial charge in [0.2, 0.25) is 0 Å². The number of urea groups is 1. The van der Waals surface area contributed by atoms with Crippen LogP contribution in [0.25, 0.3) is 10.2 Å². The molecule has 4 rings (SSSR count). The summed E-state index contributed by atoms with van der Waals surface area (Å²) >= 11 is 1.89. The molecule has 0 unspecified atom stereocenters. The van der Waals surface area contributed by atoms with E-state index in [4.69, 9.17) is 9.97 Å². The third-order valence-electron chi connectivity index (χ3n) is 6.88. The molecule has 0 aromatic carbocycles. The highest BCUT2D eigenvalue weighted by molar-refractivity contribution is 7.19. The molecule has 2 aromatic heterocycles. The van der Waals surface area contributed by atoms with Gasteiger partial charge < -0.3 is 15.1 Å². The van der Waals surface area contributed by atoms with Crippen molar-refractivity contribution in [1.29, 1.82) is 0 Å². The molecule has 1 aliphatic heterocycles. The first-order chi connectivity index (χ1) is 15.0. The number of aryl methyl sites for hydroxylation is 1. The molecule has 2 amide bonds. The van der Waals surface area contributed by atoms with Crippen molar-refractivity contribution < 1.29 is 4.79 Å². The average Bonchev–Trinajstić information content (AvgIpc) is 3.15. The number of nitrogens with zero attached hydrogens (tertiary/aromatic N) is 4. The number of hydrogen-bond acceptors (Lipinski definition) is 5. The van der Waals surface area contributed by atoms with Crippen LogP contribution in [0.15, 0.2) is 0 Å². The quantitative estimate of drug-likeness (QED) is 0.641. The number of aromatic nitrogens is 2. The van der Waals surface area contributed by atoms with Crippen LogP contribution in [0.4, 0.5) is 10.6 Å². The van der Waals surface area contributed by atoms with Crippen molar-refractivity contribution in [3.63, 3.8) is 0 Å². The third-order valence-corrected chi connectivity index (χ3v) is 8.03. The van der Waals surface area contributed by atoms with E-state index in [0.717, 1.165) is 76.0 Å². The Morgan fingerprint density at radius 2 is 2.00 bits per heavy atom. The van der Waals surface area contributed by atoms with Crippen LogP contribution in [0.5, 0.6) is 0 Å². The van der Waals surface area contributed by atoms with Crippen LogP contribution in [0, 0.1) is 5.92 Å². The van der Waals surface area contributed by atoms with E-state index in [2.05, 4.69) is 37.9 Å². The van der Waals surface area contributed by atoms with Gasteiger partial charge in [0.15, 0.2) is 0 Å². The van der Waals surface area contributed by atoms with Gasteiger partial charge in [-0.1, -0.05) is 34.1 Å². The third kappa shape index (κ3) is 4.66. The lowest BCUT2D eigenvalue weighted by atomic mass is 9.89. The summed E-state index contributed by atoms with van der Waals surface area (Å²) in [7, 11) is 0. The zero-order valence-corrected chi connectivity index (χ0v) is 20.4. The van der Waals surface area contributed by atoms with Crippen molar-refractivity contribution >= 4 is 33.4 Å². The van der Waals surface area contributed by atoms with Gasteiger partial charge in [-0.3, -0.25) is 0 Å². The van der Waals surface area contributed by atoms with Crippen molar-refractivity contribution in [3.05, 3.63) is 16.3 Å². The molecule has 2 aromatic rings. The van der Waals surface area contributed by atoms with Crippen LogP contribution in [-0.4, -0.2) is 53.6 Å². The Balaban J connectivity index is 1.60. The number of anilines is 1. The zero-order valence-electron chi connectivity index (χ0n) is 19.5. The number of fused-ring (bicyclic) bond motifs is 3. The number of thiophene rings is 1. The molecule has 31 heavy (non-hydrogen) atoms. The molecule has 0 saturated carbocycles. The summed E-state index contributed by atoms with van der Waals surface area (Å²) in [6.07, 6.45) is 6.72. The van der Waals surface area contributed by atoms with E-state index in [1.165, 1.54) is 33.5 Å². The van der Waals surface area contributed by atoms with Gasteiger partial charge in [0, 0.05) is 43.5 Å². The van der Waals surface area contributed by atoms with Gasteiger partial charge in [-0.2, -0.15) is 0 Å². The monoisotopic (exact) mass is 443 g/mol. The minimum absolute atomic E-state index is 0.0723. The van der Waals surface area contributed by atoms with Crippen molar-refractivity contribution in [1.82, 2.24) is 20.2 Å². The lowest BCUT2D eigenvalue weighted by Gasteiger charge is -2.36. The molecule has 170 valence electrons. The predicted octanol–water partition coefficient (Wildman–Crippen LogP) is 4.96. The van der Waals surface area contributed by atoms with E-state index in [9.17, 15) is 4.79 Å². The lowest BCUT2D eigenvalue weighted by Crippen LogP contribution is -2.52. The van der Waals surface area contributed by atoms with Crippen molar-refractivity contribution in [2.45, 2.75) is 72.1 Å². The fourth-order valence-corrected chi connectivity index (χ4v) is 5.96. The Kier molecular flexibility index (Phi) is 6.99. The summed E-state index contributed by atoms with van der Waals surface area (Å²) in [5, 5.41) is 4.35. The summed E-state index contributed by atoms with van der Waals surface area (Å²) < 4.78 is 0. The Labute approximate surface area is 190 Å². The van der Waals surface area contributed by atoms with Crippen molar-refractivity contribution in [2.75, 3.05) is 37.6 Å². The normalized spacial score (nSPS) is 20.1. The van der Waals surface area contributed by atoms with Crippen molar-refractivity contribution in [3.8, 4) is 0 Å². The maximum atomic E-state index is 12.5. The highest BCUT2D eigenvalue weighted by Crippen LogP contribution is 2.41. The summed E-state index contributed by atoms with van der Waals surface area (Å²) in [6.45, 7) is 12.8. The Hall–Kier alpha value is -1.89. The highest BCUT2D eigenvalue weighted by atomic mass is 32.1. The lowest BCUT2D eigenvalue weighted by molar-refractivity contribution is 0.194. The number of nitrogens with one attached hydrogen (secondary N) is 1. The molecule has 7 heteroatoms. The molecule has 0 bridgehead atoms. The van der Waals surface area contributed by atoms with Crippen LogP contribution in [0.2, 0.25) is 0 Å². The fourth-order valence-electron chi connectivity index (χ4n) is 4.58. The first-order valence-corrected chi connectivity index (χ1v) is 12.9. The number of unbranched alkanes of at least 4 members (excludes halogenated alkanes) is 1. The molecule has 2 atom stereocenters. The molecular weight excluding hydrogens is 406 g/mol.